The Hall–Kier alpha value is -1.62. The zero-order chi connectivity index (χ0) is 13.5. The van der Waals surface area contributed by atoms with Crippen LogP contribution in [0.4, 0.5) is 4.79 Å². The first-order valence-corrected chi connectivity index (χ1v) is 6.39. The van der Waals surface area contributed by atoms with Gasteiger partial charge in [0.25, 0.3) is 0 Å². The van der Waals surface area contributed by atoms with Crippen LogP contribution in [-0.2, 0) is 4.74 Å². The summed E-state index contributed by atoms with van der Waals surface area (Å²) in [4.78, 5) is 11.4. The Balaban J connectivity index is 0.00000147. The number of halogens is 1. The van der Waals surface area contributed by atoms with Gasteiger partial charge in [0, 0.05) is 5.41 Å². The molecule has 0 aliphatic carbocycles. The Morgan fingerprint density at radius 2 is 1.85 bits per heavy atom. The Bertz CT molecular complexity index is 518. The second kappa shape index (κ2) is 5.40. The van der Waals surface area contributed by atoms with Gasteiger partial charge in [-0.15, -0.1) is 12.4 Å². The zero-order valence-electron chi connectivity index (χ0n) is 11.5. The highest BCUT2D eigenvalue weighted by molar-refractivity contribution is 5.85. The van der Waals surface area contributed by atoms with E-state index < -0.39 is 0 Å². The summed E-state index contributed by atoms with van der Waals surface area (Å²) in [6.45, 7) is 5.66. The van der Waals surface area contributed by atoms with Gasteiger partial charge in [0.05, 0.1) is 6.04 Å². The second-order valence-electron chi connectivity index (χ2n) is 5.55. The summed E-state index contributed by atoms with van der Waals surface area (Å²) in [5, 5.41) is 2.87. The SMILES string of the molecule is CC1(C)COC(=O)N[C@H]1c1ccc2c(c1)OCCO2.Cl. The molecule has 0 radical (unpaired) electrons. The molecule has 1 amide bonds. The van der Waals surface area contributed by atoms with Gasteiger partial charge in [-0.25, -0.2) is 4.79 Å². The summed E-state index contributed by atoms with van der Waals surface area (Å²) in [6.07, 6.45) is -0.376. The van der Waals surface area contributed by atoms with E-state index in [2.05, 4.69) is 19.2 Å². The van der Waals surface area contributed by atoms with Crippen LogP contribution in [0.2, 0.25) is 0 Å². The molecule has 0 aromatic heterocycles. The van der Waals surface area contributed by atoms with Crippen molar-refractivity contribution in [2.75, 3.05) is 19.8 Å². The van der Waals surface area contributed by atoms with Crippen LogP contribution in [0, 0.1) is 5.41 Å². The first-order valence-electron chi connectivity index (χ1n) is 6.39. The van der Waals surface area contributed by atoms with E-state index in [1.54, 1.807) is 0 Å². The van der Waals surface area contributed by atoms with Crippen molar-refractivity contribution in [3.8, 4) is 11.5 Å². The first-order chi connectivity index (χ1) is 9.06. The lowest BCUT2D eigenvalue weighted by atomic mass is 9.80. The van der Waals surface area contributed by atoms with Crippen LogP contribution in [-0.4, -0.2) is 25.9 Å². The van der Waals surface area contributed by atoms with E-state index >= 15 is 0 Å². The van der Waals surface area contributed by atoms with Gasteiger partial charge in [-0.2, -0.15) is 0 Å². The van der Waals surface area contributed by atoms with E-state index in [-0.39, 0.29) is 30.0 Å². The molecule has 2 aliphatic rings. The molecule has 6 heteroatoms. The lowest BCUT2D eigenvalue weighted by Crippen LogP contribution is -2.46. The van der Waals surface area contributed by atoms with Crippen molar-refractivity contribution in [1.29, 1.82) is 0 Å². The van der Waals surface area contributed by atoms with Crippen LogP contribution >= 0.6 is 12.4 Å². The lowest BCUT2D eigenvalue weighted by Gasteiger charge is -2.38. The van der Waals surface area contributed by atoms with Crippen molar-refractivity contribution in [2.24, 2.45) is 5.41 Å². The van der Waals surface area contributed by atoms with Crippen LogP contribution in [0.1, 0.15) is 25.5 Å². The fourth-order valence-corrected chi connectivity index (χ4v) is 2.46. The molecule has 1 saturated heterocycles. The molecule has 1 aromatic carbocycles. The normalized spacial score (nSPS) is 23.1. The molecule has 20 heavy (non-hydrogen) atoms. The van der Waals surface area contributed by atoms with Gasteiger partial charge in [0.15, 0.2) is 11.5 Å². The number of carbonyl (C=O) groups excluding carboxylic acids is 1. The molecule has 5 nitrogen and oxygen atoms in total. The van der Waals surface area contributed by atoms with Crippen LogP contribution in [0.25, 0.3) is 0 Å². The molecule has 0 spiro atoms. The summed E-state index contributed by atoms with van der Waals surface area (Å²) in [6, 6.07) is 5.70. The first kappa shape index (κ1) is 14.8. The van der Waals surface area contributed by atoms with Crippen molar-refractivity contribution >= 4 is 18.5 Å². The van der Waals surface area contributed by atoms with E-state index in [1.165, 1.54) is 0 Å². The van der Waals surface area contributed by atoms with Crippen LogP contribution in [0.5, 0.6) is 11.5 Å². The molecule has 1 fully saturated rings. The smallest absolute Gasteiger partial charge is 0.407 e. The molecule has 0 saturated carbocycles. The molecule has 1 aromatic rings. The number of alkyl carbamates (subject to hydrolysis) is 1. The van der Waals surface area contributed by atoms with E-state index in [4.69, 9.17) is 14.2 Å². The number of hydrogen-bond acceptors (Lipinski definition) is 4. The zero-order valence-corrected chi connectivity index (χ0v) is 12.3. The maximum absolute atomic E-state index is 11.4. The van der Waals surface area contributed by atoms with Gasteiger partial charge < -0.3 is 19.5 Å². The van der Waals surface area contributed by atoms with E-state index in [0.717, 1.165) is 17.1 Å². The highest BCUT2D eigenvalue weighted by Gasteiger charge is 2.38. The number of rotatable bonds is 1. The van der Waals surface area contributed by atoms with Gasteiger partial charge in [0.1, 0.15) is 19.8 Å². The molecule has 3 rings (SSSR count). The van der Waals surface area contributed by atoms with Gasteiger partial charge in [-0.05, 0) is 17.7 Å². The molecular formula is C14H18ClNO4. The number of benzene rings is 1. The van der Waals surface area contributed by atoms with Gasteiger partial charge in [0.2, 0.25) is 0 Å². The molecule has 2 heterocycles. The Morgan fingerprint density at radius 3 is 2.60 bits per heavy atom. The number of fused-ring (bicyclic) bond motifs is 1. The maximum Gasteiger partial charge on any atom is 0.407 e. The Labute approximate surface area is 124 Å². The van der Waals surface area contributed by atoms with Crippen LogP contribution in [0.15, 0.2) is 18.2 Å². The topological polar surface area (TPSA) is 56.8 Å². The second-order valence-corrected chi connectivity index (χ2v) is 5.55. The number of hydrogen-bond donors (Lipinski definition) is 1. The fraction of sp³-hybridized carbons (Fsp3) is 0.500. The van der Waals surface area contributed by atoms with E-state index in [1.807, 2.05) is 18.2 Å². The van der Waals surface area contributed by atoms with Crippen molar-refractivity contribution in [3.63, 3.8) is 0 Å². The molecule has 0 unspecified atom stereocenters. The Morgan fingerprint density at radius 1 is 1.15 bits per heavy atom. The average molecular weight is 300 g/mol. The lowest BCUT2D eigenvalue weighted by molar-refractivity contribution is 0.0386. The maximum atomic E-state index is 11.4. The Kier molecular flexibility index (Phi) is 3.99. The number of cyclic esters (lactones) is 1. The highest BCUT2D eigenvalue weighted by Crippen LogP contribution is 2.40. The quantitative estimate of drug-likeness (QED) is 0.866. The van der Waals surface area contributed by atoms with Gasteiger partial charge in [-0.3, -0.25) is 0 Å². The third kappa shape index (κ3) is 2.63. The minimum absolute atomic E-state index is 0. The monoisotopic (exact) mass is 299 g/mol. The average Bonchev–Trinajstić information content (AvgIpc) is 2.41. The van der Waals surface area contributed by atoms with Crippen molar-refractivity contribution in [3.05, 3.63) is 23.8 Å². The van der Waals surface area contributed by atoms with E-state index in [9.17, 15) is 4.79 Å². The van der Waals surface area contributed by atoms with Crippen LogP contribution < -0.4 is 14.8 Å². The fourth-order valence-electron chi connectivity index (χ4n) is 2.46. The van der Waals surface area contributed by atoms with Gasteiger partial charge >= 0.3 is 6.09 Å². The van der Waals surface area contributed by atoms with Gasteiger partial charge in [-0.1, -0.05) is 19.9 Å². The van der Waals surface area contributed by atoms with Crippen molar-refractivity contribution < 1.29 is 19.0 Å². The largest absolute Gasteiger partial charge is 0.486 e. The molecule has 2 aliphatic heterocycles. The van der Waals surface area contributed by atoms with Crippen molar-refractivity contribution in [1.82, 2.24) is 5.32 Å². The predicted octanol–water partition coefficient (Wildman–Crippen LogP) is 2.69. The summed E-state index contributed by atoms with van der Waals surface area (Å²) in [7, 11) is 0. The standard InChI is InChI=1S/C14H17NO4.ClH/c1-14(2)8-19-13(16)15-12(14)9-3-4-10-11(7-9)18-6-5-17-10;/h3-4,7,12H,5-6,8H2,1-2H3,(H,15,16);1H/t12-;/m0./s1. The molecule has 1 atom stereocenters. The van der Waals surface area contributed by atoms with Crippen LogP contribution in [0.3, 0.4) is 0 Å². The summed E-state index contributed by atoms with van der Waals surface area (Å²) in [5.74, 6) is 1.49. The van der Waals surface area contributed by atoms with E-state index in [0.29, 0.717) is 19.8 Å². The summed E-state index contributed by atoms with van der Waals surface area (Å²) in [5.41, 5.74) is 0.836. The van der Waals surface area contributed by atoms with Crippen molar-refractivity contribution in [2.45, 2.75) is 19.9 Å². The predicted molar refractivity (Wildman–Crippen MR) is 75.7 cm³/mol. The number of ether oxygens (including phenoxy) is 3. The third-order valence-corrected chi connectivity index (χ3v) is 3.52. The summed E-state index contributed by atoms with van der Waals surface area (Å²) >= 11 is 0. The third-order valence-electron chi connectivity index (χ3n) is 3.52. The number of nitrogens with one attached hydrogen (secondary N) is 1. The minimum Gasteiger partial charge on any atom is -0.486 e. The highest BCUT2D eigenvalue weighted by atomic mass is 35.5. The summed E-state index contributed by atoms with van der Waals surface area (Å²) < 4.78 is 16.1. The molecule has 0 bridgehead atoms. The number of carbonyl (C=O) groups is 1. The molecule has 110 valence electrons. The number of amides is 1. The minimum atomic E-state index is -0.376. The molecule has 1 N–H and O–H groups in total. The molecular weight excluding hydrogens is 282 g/mol.